The Hall–Kier alpha value is -4.20. The third-order valence-corrected chi connectivity index (χ3v) is 4.73. The van der Waals surface area contributed by atoms with Gasteiger partial charge in [0.15, 0.2) is 5.65 Å². The van der Waals surface area contributed by atoms with Crippen molar-refractivity contribution >= 4 is 23.1 Å². The lowest BCUT2D eigenvalue weighted by Gasteiger charge is -2.05. The van der Waals surface area contributed by atoms with Gasteiger partial charge < -0.3 is 10.6 Å². The van der Waals surface area contributed by atoms with E-state index in [1.54, 1.807) is 18.2 Å². The summed E-state index contributed by atoms with van der Waals surface area (Å²) in [5.74, 6) is -0.667. The van der Waals surface area contributed by atoms with E-state index < -0.39 is 5.69 Å². The predicted octanol–water partition coefficient (Wildman–Crippen LogP) is 2.37. The summed E-state index contributed by atoms with van der Waals surface area (Å²) in [5, 5.41) is 9.76. The summed E-state index contributed by atoms with van der Waals surface area (Å²) in [5.41, 5.74) is 2.83. The number of aromatic nitrogens is 3. The summed E-state index contributed by atoms with van der Waals surface area (Å²) in [6.07, 6.45) is 1.43. The molecule has 31 heavy (non-hydrogen) atoms. The quantitative estimate of drug-likeness (QED) is 0.505. The second-order valence-corrected chi connectivity index (χ2v) is 7.17. The van der Waals surface area contributed by atoms with Gasteiger partial charge in [0, 0.05) is 18.4 Å². The third-order valence-electron chi connectivity index (χ3n) is 4.73. The molecule has 0 radical (unpaired) electrons. The molecular formula is C23H21N5O3. The zero-order valence-corrected chi connectivity index (χ0v) is 16.9. The van der Waals surface area contributed by atoms with Crippen molar-refractivity contribution in [3.8, 4) is 0 Å². The number of amides is 2. The smallest absolute Gasteiger partial charge is 0.348 e. The molecule has 0 unspecified atom stereocenters. The molecule has 0 atom stereocenters. The fraction of sp³-hybridized carbons (Fsp3) is 0.130. The van der Waals surface area contributed by atoms with Gasteiger partial charge in [-0.15, -0.1) is 5.10 Å². The van der Waals surface area contributed by atoms with E-state index >= 15 is 0 Å². The number of aryl methyl sites for hydroxylation is 1. The van der Waals surface area contributed by atoms with Gasteiger partial charge in [-0.05, 0) is 42.3 Å². The number of nitrogens with one attached hydrogen (secondary N) is 2. The molecule has 0 aliphatic heterocycles. The van der Waals surface area contributed by atoms with Gasteiger partial charge in [-0.3, -0.25) is 9.59 Å². The van der Waals surface area contributed by atoms with Gasteiger partial charge in [0.1, 0.15) is 6.54 Å². The minimum Gasteiger partial charge on any atom is -0.348 e. The summed E-state index contributed by atoms with van der Waals surface area (Å²) >= 11 is 0. The van der Waals surface area contributed by atoms with Crippen LogP contribution in [-0.4, -0.2) is 26.0 Å². The van der Waals surface area contributed by atoms with Crippen LogP contribution in [0.1, 0.15) is 21.5 Å². The summed E-state index contributed by atoms with van der Waals surface area (Å²) in [4.78, 5) is 37.5. The maximum atomic E-state index is 12.7. The van der Waals surface area contributed by atoms with E-state index in [2.05, 4.69) is 15.7 Å². The molecule has 0 bridgehead atoms. The van der Waals surface area contributed by atoms with Crippen molar-refractivity contribution in [2.45, 2.75) is 20.0 Å². The van der Waals surface area contributed by atoms with Gasteiger partial charge in [-0.1, -0.05) is 42.5 Å². The normalized spacial score (nSPS) is 10.7. The first-order chi connectivity index (χ1) is 15.0. The Morgan fingerprint density at radius 3 is 2.58 bits per heavy atom. The number of carbonyl (C=O) groups is 2. The van der Waals surface area contributed by atoms with Gasteiger partial charge in [0.05, 0.1) is 5.56 Å². The molecule has 4 rings (SSSR count). The van der Waals surface area contributed by atoms with Crippen LogP contribution in [0.4, 0.5) is 5.69 Å². The molecule has 8 nitrogen and oxygen atoms in total. The molecule has 0 fully saturated rings. The maximum absolute atomic E-state index is 12.7. The van der Waals surface area contributed by atoms with Gasteiger partial charge in [-0.25, -0.2) is 13.9 Å². The van der Waals surface area contributed by atoms with Crippen LogP contribution >= 0.6 is 0 Å². The van der Waals surface area contributed by atoms with Crippen LogP contribution in [0.5, 0.6) is 0 Å². The largest absolute Gasteiger partial charge is 0.350 e. The SMILES string of the molecule is Cc1cccc(NC(=O)Cn2nc3ccc(C(=O)NCc4ccccc4)cn3c2=O)c1. The first-order valence-electron chi connectivity index (χ1n) is 9.77. The maximum Gasteiger partial charge on any atom is 0.350 e. The van der Waals surface area contributed by atoms with Crippen LogP contribution < -0.4 is 16.3 Å². The van der Waals surface area contributed by atoms with Gasteiger partial charge in [0.25, 0.3) is 5.91 Å². The molecule has 0 aliphatic carbocycles. The molecule has 2 aromatic carbocycles. The Balaban J connectivity index is 1.48. The minimum atomic E-state index is -0.493. The zero-order valence-electron chi connectivity index (χ0n) is 16.9. The van der Waals surface area contributed by atoms with Gasteiger partial charge >= 0.3 is 5.69 Å². The summed E-state index contributed by atoms with van der Waals surface area (Å²) in [6, 6.07) is 20.1. The molecule has 156 valence electrons. The number of anilines is 1. The van der Waals surface area contributed by atoms with Crippen molar-refractivity contribution in [1.29, 1.82) is 0 Å². The number of nitrogens with zero attached hydrogens (tertiary/aromatic N) is 3. The highest BCUT2D eigenvalue weighted by atomic mass is 16.2. The van der Waals surface area contributed by atoms with E-state index in [0.29, 0.717) is 23.4 Å². The van der Waals surface area contributed by atoms with Crippen LogP contribution in [0.2, 0.25) is 0 Å². The van der Waals surface area contributed by atoms with E-state index in [1.807, 2.05) is 55.5 Å². The minimum absolute atomic E-state index is 0.232. The van der Waals surface area contributed by atoms with E-state index in [0.717, 1.165) is 15.8 Å². The van der Waals surface area contributed by atoms with Crippen molar-refractivity contribution in [3.05, 3.63) is 100 Å². The lowest BCUT2D eigenvalue weighted by Crippen LogP contribution is -2.28. The van der Waals surface area contributed by atoms with Gasteiger partial charge in [0.2, 0.25) is 5.91 Å². The Bertz CT molecular complexity index is 1310. The van der Waals surface area contributed by atoms with Crippen LogP contribution in [0, 0.1) is 6.92 Å². The Morgan fingerprint density at radius 1 is 1.00 bits per heavy atom. The second-order valence-electron chi connectivity index (χ2n) is 7.17. The Kier molecular flexibility index (Phi) is 5.61. The first kappa shape index (κ1) is 20.1. The molecule has 2 heterocycles. The van der Waals surface area contributed by atoms with E-state index in [9.17, 15) is 14.4 Å². The van der Waals surface area contributed by atoms with E-state index in [-0.39, 0.29) is 18.4 Å². The molecule has 0 spiro atoms. The number of benzene rings is 2. The average Bonchev–Trinajstić information content (AvgIpc) is 3.07. The highest BCUT2D eigenvalue weighted by Gasteiger charge is 2.13. The summed E-state index contributed by atoms with van der Waals surface area (Å²) < 4.78 is 2.34. The molecule has 2 N–H and O–H groups in total. The topological polar surface area (TPSA) is 97.5 Å². The van der Waals surface area contributed by atoms with Crippen molar-refractivity contribution in [2.75, 3.05) is 5.32 Å². The van der Waals surface area contributed by atoms with Gasteiger partial charge in [-0.2, -0.15) is 0 Å². The van der Waals surface area contributed by atoms with Crippen LogP contribution in [0.3, 0.4) is 0 Å². The number of carbonyl (C=O) groups excluding carboxylic acids is 2. The molecule has 0 saturated heterocycles. The molecule has 0 aliphatic rings. The number of hydrogen-bond acceptors (Lipinski definition) is 4. The van der Waals surface area contributed by atoms with E-state index in [1.165, 1.54) is 10.6 Å². The molecule has 8 heteroatoms. The standard InChI is InChI=1S/C23H21N5O3/c1-16-6-5-9-19(12-16)25-21(29)15-28-23(31)27-14-18(10-11-20(27)26-28)22(30)24-13-17-7-3-2-4-8-17/h2-12,14H,13,15H2,1H3,(H,24,30)(H,25,29). The molecule has 4 aromatic rings. The number of fused-ring (bicyclic) bond motifs is 1. The predicted molar refractivity (Wildman–Crippen MR) is 117 cm³/mol. The van der Waals surface area contributed by atoms with Crippen molar-refractivity contribution in [2.24, 2.45) is 0 Å². The lowest BCUT2D eigenvalue weighted by molar-refractivity contribution is -0.117. The van der Waals surface area contributed by atoms with Crippen molar-refractivity contribution in [1.82, 2.24) is 19.5 Å². The van der Waals surface area contributed by atoms with Crippen molar-refractivity contribution < 1.29 is 9.59 Å². The first-order valence-corrected chi connectivity index (χ1v) is 9.77. The Morgan fingerprint density at radius 2 is 1.81 bits per heavy atom. The Labute approximate surface area is 178 Å². The molecule has 2 amide bonds. The molecule has 0 saturated carbocycles. The number of hydrogen-bond donors (Lipinski definition) is 2. The average molecular weight is 415 g/mol. The molecule has 2 aromatic heterocycles. The number of rotatable bonds is 6. The van der Waals surface area contributed by atoms with E-state index in [4.69, 9.17) is 0 Å². The number of pyridine rings is 1. The van der Waals surface area contributed by atoms with Crippen LogP contribution in [0.25, 0.3) is 5.65 Å². The summed E-state index contributed by atoms with van der Waals surface area (Å²) in [7, 11) is 0. The molecular weight excluding hydrogens is 394 g/mol. The second kappa shape index (κ2) is 8.66. The van der Waals surface area contributed by atoms with Crippen LogP contribution in [0.15, 0.2) is 77.7 Å². The lowest BCUT2D eigenvalue weighted by atomic mass is 10.2. The highest BCUT2D eigenvalue weighted by Crippen LogP contribution is 2.09. The van der Waals surface area contributed by atoms with Crippen molar-refractivity contribution in [3.63, 3.8) is 0 Å². The fourth-order valence-electron chi connectivity index (χ4n) is 3.20. The fourth-order valence-corrected chi connectivity index (χ4v) is 3.20. The summed E-state index contributed by atoms with van der Waals surface area (Å²) in [6.45, 7) is 2.07. The third kappa shape index (κ3) is 4.69. The highest BCUT2D eigenvalue weighted by molar-refractivity contribution is 5.94. The van der Waals surface area contributed by atoms with Crippen LogP contribution in [-0.2, 0) is 17.9 Å². The monoisotopic (exact) mass is 415 g/mol. The zero-order chi connectivity index (χ0) is 21.8.